The molecule has 0 fully saturated rings. The second-order valence-corrected chi connectivity index (χ2v) is 7.78. The van der Waals surface area contributed by atoms with Gasteiger partial charge in [-0.2, -0.15) is 0 Å². The molecule has 3 aromatic carbocycles. The molecule has 0 aromatic heterocycles. The molecule has 0 atom stereocenters. The normalized spacial score (nSPS) is 10.7. The highest BCUT2D eigenvalue weighted by Crippen LogP contribution is 2.18. The van der Waals surface area contributed by atoms with Crippen molar-refractivity contribution in [2.24, 2.45) is 0 Å². The molecule has 0 N–H and O–H groups in total. The van der Waals surface area contributed by atoms with Crippen molar-refractivity contribution in [3.63, 3.8) is 0 Å². The Balaban J connectivity index is 1.99. The summed E-state index contributed by atoms with van der Waals surface area (Å²) in [5.41, 5.74) is 2.66. The molecule has 0 amide bonds. The molecule has 0 saturated heterocycles. The van der Waals surface area contributed by atoms with Crippen LogP contribution in [0, 0.1) is 18.9 Å². The Kier molecular flexibility index (Phi) is 5.40. The Morgan fingerprint density at radius 1 is 0.808 bits per heavy atom. The molecule has 3 aromatic rings. The van der Waals surface area contributed by atoms with Gasteiger partial charge in [0.15, 0.2) is 0 Å². The van der Waals surface area contributed by atoms with E-state index >= 15 is 0 Å². The lowest BCUT2D eigenvalue weighted by Gasteiger charge is -2.18. The van der Waals surface area contributed by atoms with Crippen LogP contribution in [-0.4, -0.2) is 12.7 Å². The second kappa shape index (κ2) is 7.90. The fraction of sp³-hybridized carbons (Fsp3) is 0.0909. The van der Waals surface area contributed by atoms with Gasteiger partial charge < -0.3 is 0 Å². The summed E-state index contributed by atoms with van der Waals surface area (Å²) < 4.78 is 27.4. The minimum atomic E-state index is -3.73. The molecule has 0 unspecified atom stereocenters. The highest BCUT2D eigenvalue weighted by atomic mass is 32.2. The molecule has 0 heterocycles. The van der Waals surface area contributed by atoms with Crippen LogP contribution in [0.2, 0.25) is 0 Å². The van der Waals surface area contributed by atoms with E-state index in [1.54, 1.807) is 24.3 Å². The quantitative estimate of drug-likeness (QED) is 0.516. The summed E-state index contributed by atoms with van der Waals surface area (Å²) in [6, 6.07) is 28.5. The molecular weight excluding hydrogens is 342 g/mol. The molecular formula is C22H19NO2S. The van der Waals surface area contributed by atoms with E-state index in [0.29, 0.717) is 0 Å². The fourth-order valence-corrected chi connectivity index (χ4v) is 3.64. The zero-order valence-electron chi connectivity index (χ0n) is 14.5. The van der Waals surface area contributed by atoms with Crippen LogP contribution in [0.4, 0.5) is 0 Å². The van der Waals surface area contributed by atoms with Crippen molar-refractivity contribution in [2.75, 3.05) is 0 Å². The molecule has 0 aliphatic rings. The van der Waals surface area contributed by atoms with Gasteiger partial charge in [-0.1, -0.05) is 66.2 Å². The third kappa shape index (κ3) is 4.33. The molecule has 3 nitrogen and oxygen atoms in total. The van der Waals surface area contributed by atoms with Gasteiger partial charge in [0.25, 0.3) is 10.0 Å². The van der Waals surface area contributed by atoms with E-state index in [2.05, 4.69) is 12.0 Å². The number of benzene rings is 3. The zero-order valence-corrected chi connectivity index (χ0v) is 15.3. The standard InChI is InChI=1S/C22H19NO2S/c1-19-12-14-22(15-13-19)26(24,25)23(18-21-10-6-3-7-11-21)17-16-20-8-4-2-5-9-20/h2-15H,18H2,1H3. The summed E-state index contributed by atoms with van der Waals surface area (Å²) >= 11 is 0. The smallest absolute Gasteiger partial charge is 0.220 e. The Morgan fingerprint density at radius 3 is 2.00 bits per heavy atom. The largest absolute Gasteiger partial charge is 0.271 e. The Labute approximate surface area is 155 Å². The van der Waals surface area contributed by atoms with Crippen LogP contribution in [0.1, 0.15) is 16.7 Å². The highest BCUT2D eigenvalue weighted by molar-refractivity contribution is 7.89. The van der Waals surface area contributed by atoms with Gasteiger partial charge in [-0.05, 0) is 42.7 Å². The van der Waals surface area contributed by atoms with E-state index in [-0.39, 0.29) is 11.4 Å². The van der Waals surface area contributed by atoms with Crippen LogP contribution < -0.4 is 0 Å². The molecule has 4 heteroatoms. The summed E-state index contributed by atoms with van der Waals surface area (Å²) in [6.45, 7) is 2.12. The predicted molar refractivity (Wildman–Crippen MR) is 104 cm³/mol. The maximum Gasteiger partial charge on any atom is 0.271 e. The monoisotopic (exact) mass is 361 g/mol. The summed E-state index contributed by atoms with van der Waals surface area (Å²) in [6.07, 6.45) is 0. The van der Waals surface area contributed by atoms with Crippen molar-refractivity contribution in [2.45, 2.75) is 18.4 Å². The van der Waals surface area contributed by atoms with Crippen molar-refractivity contribution in [1.82, 2.24) is 4.31 Å². The first-order valence-corrected chi connectivity index (χ1v) is 9.70. The van der Waals surface area contributed by atoms with Crippen molar-refractivity contribution < 1.29 is 8.42 Å². The number of nitrogens with zero attached hydrogens (tertiary/aromatic N) is 1. The van der Waals surface area contributed by atoms with Crippen molar-refractivity contribution in [3.05, 3.63) is 102 Å². The first-order valence-electron chi connectivity index (χ1n) is 8.26. The van der Waals surface area contributed by atoms with E-state index < -0.39 is 10.0 Å². The van der Waals surface area contributed by atoms with Gasteiger partial charge in [0.05, 0.1) is 11.4 Å². The van der Waals surface area contributed by atoms with Crippen molar-refractivity contribution in [3.8, 4) is 12.0 Å². The Hall–Kier alpha value is -3.03. The van der Waals surface area contributed by atoms with Crippen LogP contribution in [0.5, 0.6) is 0 Å². The zero-order chi connectivity index (χ0) is 18.4. The first kappa shape index (κ1) is 17.8. The van der Waals surface area contributed by atoms with Gasteiger partial charge in [0.2, 0.25) is 0 Å². The lowest BCUT2D eigenvalue weighted by Crippen LogP contribution is -2.26. The maximum atomic E-state index is 13.1. The van der Waals surface area contributed by atoms with E-state index in [4.69, 9.17) is 0 Å². The topological polar surface area (TPSA) is 37.4 Å². The number of hydrogen-bond donors (Lipinski definition) is 0. The van der Waals surface area contributed by atoms with Crippen LogP contribution in [0.15, 0.2) is 89.8 Å². The maximum absolute atomic E-state index is 13.1. The third-order valence-electron chi connectivity index (χ3n) is 3.88. The minimum Gasteiger partial charge on any atom is -0.220 e. The second-order valence-electron chi connectivity index (χ2n) is 5.91. The molecule has 26 heavy (non-hydrogen) atoms. The minimum absolute atomic E-state index is 0.191. The molecule has 0 aliphatic heterocycles. The van der Waals surface area contributed by atoms with Gasteiger partial charge in [-0.3, -0.25) is 0 Å². The third-order valence-corrected chi connectivity index (χ3v) is 5.55. The molecule has 0 saturated carbocycles. The van der Waals surface area contributed by atoms with Crippen LogP contribution in [0.3, 0.4) is 0 Å². The van der Waals surface area contributed by atoms with Gasteiger partial charge >= 0.3 is 0 Å². The average molecular weight is 361 g/mol. The van der Waals surface area contributed by atoms with Gasteiger partial charge in [0.1, 0.15) is 0 Å². The van der Waals surface area contributed by atoms with E-state index in [1.807, 2.05) is 67.6 Å². The summed E-state index contributed by atoms with van der Waals surface area (Å²) in [7, 11) is -3.73. The summed E-state index contributed by atoms with van der Waals surface area (Å²) in [4.78, 5) is 0.237. The number of hydrogen-bond acceptors (Lipinski definition) is 2. The molecule has 0 bridgehead atoms. The van der Waals surface area contributed by atoms with Crippen LogP contribution in [-0.2, 0) is 16.6 Å². The molecule has 0 spiro atoms. The van der Waals surface area contributed by atoms with Gasteiger partial charge in [-0.25, -0.2) is 12.7 Å². The summed E-state index contributed by atoms with van der Waals surface area (Å²) in [5.74, 6) is 2.95. The first-order chi connectivity index (χ1) is 12.6. The lowest BCUT2D eigenvalue weighted by molar-refractivity contribution is 0.508. The number of sulfonamides is 1. The van der Waals surface area contributed by atoms with E-state index in [0.717, 1.165) is 16.7 Å². The number of aryl methyl sites for hydroxylation is 1. The van der Waals surface area contributed by atoms with Crippen molar-refractivity contribution in [1.29, 1.82) is 0 Å². The van der Waals surface area contributed by atoms with Crippen LogP contribution >= 0.6 is 0 Å². The molecule has 3 rings (SSSR count). The summed E-state index contributed by atoms with van der Waals surface area (Å²) in [5, 5.41) is 0. The van der Waals surface area contributed by atoms with Gasteiger partial charge in [-0.15, -0.1) is 0 Å². The SMILES string of the molecule is Cc1ccc(S(=O)(=O)N(C#Cc2ccccc2)Cc2ccccc2)cc1. The molecule has 130 valence electrons. The van der Waals surface area contributed by atoms with E-state index in [9.17, 15) is 8.42 Å². The average Bonchev–Trinajstić information content (AvgIpc) is 2.67. The van der Waals surface area contributed by atoms with Gasteiger partial charge in [0, 0.05) is 11.6 Å². The Bertz CT molecular complexity index is 1020. The molecule has 0 aliphatic carbocycles. The fourth-order valence-electron chi connectivity index (χ4n) is 2.42. The van der Waals surface area contributed by atoms with E-state index in [1.165, 1.54) is 4.31 Å². The molecule has 0 radical (unpaired) electrons. The number of rotatable bonds is 4. The predicted octanol–water partition coefficient (Wildman–Crippen LogP) is 4.20. The lowest BCUT2D eigenvalue weighted by atomic mass is 10.2. The van der Waals surface area contributed by atoms with Crippen LogP contribution in [0.25, 0.3) is 0 Å². The highest BCUT2D eigenvalue weighted by Gasteiger charge is 2.22. The van der Waals surface area contributed by atoms with Crippen molar-refractivity contribution >= 4 is 10.0 Å². The Morgan fingerprint density at radius 2 is 1.38 bits per heavy atom.